The van der Waals surface area contributed by atoms with E-state index in [2.05, 4.69) is 16.5 Å². The van der Waals surface area contributed by atoms with Gasteiger partial charge >= 0.3 is 0 Å². The SMILES string of the molecule is CCn1ncc(CNCCc2cccc(OC)c2)c1F. The normalized spacial score (nSPS) is 10.8. The number of nitrogens with one attached hydrogen (secondary N) is 1. The summed E-state index contributed by atoms with van der Waals surface area (Å²) >= 11 is 0. The lowest BCUT2D eigenvalue weighted by Crippen LogP contribution is -2.17. The minimum Gasteiger partial charge on any atom is -0.497 e. The van der Waals surface area contributed by atoms with Gasteiger partial charge in [0.25, 0.3) is 0 Å². The van der Waals surface area contributed by atoms with E-state index in [0.29, 0.717) is 18.7 Å². The van der Waals surface area contributed by atoms with Crippen molar-refractivity contribution in [2.24, 2.45) is 0 Å². The van der Waals surface area contributed by atoms with E-state index < -0.39 is 0 Å². The Kier molecular flexibility index (Phi) is 5.12. The maximum atomic E-state index is 13.7. The molecule has 0 saturated heterocycles. The van der Waals surface area contributed by atoms with Crippen LogP contribution in [0.3, 0.4) is 0 Å². The zero-order valence-electron chi connectivity index (χ0n) is 11.9. The summed E-state index contributed by atoms with van der Waals surface area (Å²) < 4.78 is 20.3. The summed E-state index contributed by atoms with van der Waals surface area (Å²) in [5, 5.41) is 7.21. The monoisotopic (exact) mass is 277 g/mol. The van der Waals surface area contributed by atoms with Crippen molar-refractivity contribution in [1.29, 1.82) is 0 Å². The molecule has 2 rings (SSSR count). The molecule has 0 spiro atoms. The highest BCUT2D eigenvalue weighted by molar-refractivity contribution is 5.28. The lowest BCUT2D eigenvalue weighted by atomic mass is 10.1. The molecule has 0 bridgehead atoms. The zero-order valence-corrected chi connectivity index (χ0v) is 11.9. The first-order chi connectivity index (χ1) is 9.74. The molecule has 0 saturated carbocycles. The quantitative estimate of drug-likeness (QED) is 0.790. The van der Waals surface area contributed by atoms with Crippen molar-refractivity contribution in [2.75, 3.05) is 13.7 Å². The van der Waals surface area contributed by atoms with Crippen LogP contribution >= 0.6 is 0 Å². The molecule has 0 aliphatic heterocycles. The summed E-state index contributed by atoms with van der Waals surface area (Å²) in [7, 11) is 1.66. The topological polar surface area (TPSA) is 39.1 Å². The Morgan fingerprint density at radius 2 is 2.25 bits per heavy atom. The van der Waals surface area contributed by atoms with Crippen molar-refractivity contribution in [3.05, 3.63) is 47.5 Å². The van der Waals surface area contributed by atoms with E-state index in [1.807, 2.05) is 25.1 Å². The number of methoxy groups -OCH3 is 1. The van der Waals surface area contributed by atoms with Gasteiger partial charge in [0, 0.05) is 18.7 Å². The standard InChI is InChI=1S/C15H20FN3O/c1-3-19-15(16)13(11-18-19)10-17-8-7-12-5-4-6-14(9-12)20-2/h4-6,9,11,17H,3,7-8,10H2,1-2H3. The molecule has 0 aliphatic rings. The van der Waals surface area contributed by atoms with Gasteiger partial charge in [0.05, 0.1) is 13.3 Å². The summed E-state index contributed by atoms with van der Waals surface area (Å²) in [6.45, 7) is 3.70. The van der Waals surface area contributed by atoms with Crippen LogP contribution in [0.15, 0.2) is 30.5 Å². The average molecular weight is 277 g/mol. The fourth-order valence-electron chi connectivity index (χ4n) is 2.03. The Hall–Kier alpha value is -1.88. The molecular formula is C15H20FN3O. The maximum Gasteiger partial charge on any atom is 0.215 e. The molecule has 0 unspecified atom stereocenters. The Labute approximate surface area is 118 Å². The van der Waals surface area contributed by atoms with Gasteiger partial charge in [-0.1, -0.05) is 12.1 Å². The zero-order chi connectivity index (χ0) is 14.4. The molecule has 0 radical (unpaired) electrons. The lowest BCUT2D eigenvalue weighted by molar-refractivity contribution is 0.414. The second-order valence-electron chi connectivity index (χ2n) is 4.55. The van der Waals surface area contributed by atoms with Crippen molar-refractivity contribution >= 4 is 0 Å². The molecule has 5 heteroatoms. The van der Waals surface area contributed by atoms with Crippen LogP contribution in [0.25, 0.3) is 0 Å². The number of aromatic nitrogens is 2. The Morgan fingerprint density at radius 3 is 2.95 bits per heavy atom. The first kappa shape index (κ1) is 14.5. The van der Waals surface area contributed by atoms with E-state index in [4.69, 9.17) is 4.74 Å². The number of ether oxygens (including phenoxy) is 1. The molecule has 0 atom stereocenters. The number of hydrogen-bond donors (Lipinski definition) is 1. The molecule has 1 aromatic heterocycles. The van der Waals surface area contributed by atoms with Crippen LogP contribution in [0.1, 0.15) is 18.1 Å². The molecule has 108 valence electrons. The van der Waals surface area contributed by atoms with Gasteiger partial charge in [-0.2, -0.15) is 9.49 Å². The second-order valence-corrected chi connectivity index (χ2v) is 4.55. The minimum absolute atomic E-state index is 0.249. The molecule has 1 aromatic carbocycles. The summed E-state index contributed by atoms with van der Waals surface area (Å²) in [6, 6.07) is 7.96. The van der Waals surface area contributed by atoms with Crippen LogP contribution in [0.5, 0.6) is 5.75 Å². The summed E-state index contributed by atoms with van der Waals surface area (Å²) in [5.41, 5.74) is 1.80. The fraction of sp³-hybridized carbons (Fsp3) is 0.400. The van der Waals surface area contributed by atoms with Crippen molar-refractivity contribution < 1.29 is 9.13 Å². The Morgan fingerprint density at radius 1 is 1.40 bits per heavy atom. The predicted octanol–water partition coefficient (Wildman–Crippen LogP) is 2.38. The molecule has 2 aromatic rings. The summed E-state index contributed by atoms with van der Waals surface area (Å²) in [4.78, 5) is 0. The minimum atomic E-state index is -0.249. The Bertz CT molecular complexity index is 554. The van der Waals surface area contributed by atoms with Crippen molar-refractivity contribution in [2.45, 2.75) is 26.4 Å². The van der Waals surface area contributed by atoms with Gasteiger partial charge in [0.1, 0.15) is 5.75 Å². The van der Waals surface area contributed by atoms with E-state index in [0.717, 1.165) is 18.7 Å². The average Bonchev–Trinajstić information content (AvgIpc) is 2.84. The highest BCUT2D eigenvalue weighted by atomic mass is 19.1. The number of nitrogens with zero attached hydrogens (tertiary/aromatic N) is 2. The molecule has 4 nitrogen and oxygen atoms in total. The number of halogens is 1. The van der Waals surface area contributed by atoms with Crippen molar-refractivity contribution in [3.63, 3.8) is 0 Å². The van der Waals surface area contributed by atoms with Gasteiger partial charge in [-0.3, -0.25) is 0 Å². The van der Waals surface area contributed by atoms with E-state index in [-0.39, 0.29) is 5.95 Å². The number of hydrogen-bond acceptors (Lipinski definition) is 3. The highest BCUT2D eigenvalue weighted by Crippen LogP contribution is 2.12. The second kappa shape index (κ2) is 7.05. The number of benzene rings is 1. The molecule has 20 heavy (non-hydrogen) atoms. The van der Waals surface area contributed by atoms with Gasteiger partial charge in [0.15, 0.2) is 0 Å². The first-order valence-corrected chi connectivity index (χ1v) is 6.78. The molecule has 0 aliphatic carbocycles. The molecule has 1 heterocycles. The Balaban J connectivity index is 1.79. The van der Waals surface area contributed by atoms with Crippen LogP contribution in [-0.4, -0.2) is 23.4 Å². The smallest absolute Gasteiger partial charge is 0.215 e. The third-order valence-corrected chi connectivity index (χ3v) is 3.18. The molecule has 1 N–H and O–H groups in total. The van der Waals surface area contributed by atoms with Gasteiger partial charge < -0.3 is 10.1 Å². The van der Waals surface area contributed by atoms with E-state index in [9.17, 15) is 4.39 Å². The van der Waals surface area contributed by atoms with Gasteiger partial charge in [-0.05, 0) is 37.6 Å². The van der Waals surface area contributed by atoms with Crippen LogP contribution in [-0.2, 0) is 19.5 Å². The third kappa shape index (κ3) is 3.57. The van der Waals surface area contributed by atoms with Gasteiger partial charge in [-0.15, -0.1) is 0 Å². The van der Waals surface area contributed by atoms with E-state index in [1.54, 1.807) is 13.3 Å². The first-order valence-electron chi connectivity index (χ1n) is 6.78. The number of aryl methyl sites for hydroxylation is 1. The van der Waals surface area contributed by atoms with E-state index in [1.165, 1.54) is 10.2 Å². The summed E-state index contributed by atoms with van der Waals surface area (Å²) in [5.74, 6) is 0.610. The van der Waals surface area contributed by atoms with Crippen molar-refractivity contribution in [1.82, 2.24) is 15.1 Å². The largest absolute Gasteiger partial charge is 0.497 e. The molecule has 0 amide bonds. The predicted molar refractivity (Wildman–Crippen MR) is 76.3 cm³/mol. The third-order valence-electron chi connectivity index (χ3n) is 3.18. The molecular weight excluding hydrogens is 257 g/mol. The van der Waals surface area contributed by atoms with E-state index >= 15 is 0 Å². The van der Waals surface area contributed by atoms with Crippen LogP contribution in [0, 0.1) is 5.95 Å². The molecule has 0 fully saturated rings. The van der Waals surface area contributed by atoms with Gasteiger partial charge in [0.2, 0.25) is 5.95 Å². The fourth-order valence-corrected chi connectivity index (χ4v) is 2.03. The van der Waals surface area contributed by atoms with Crippen LogP contribution in [0.4, 0.5) is 4.39 Å². The van der Waals surface area contributed by atoms with Gasteiger partial charge in [-0.25, -0.2) is 4.68 Å². The maximum absolute atomic E-state index is 13.7. The lowest BCUT2D eigenvalue weighted by Gasteiger charge is -2.06. The van der Waals surface area contributed by atoms with Crippen LogP contribution in [0.2, 0.25) is 0 Å². The highest BCUT2D eigenvalue weighted by Gasteiger charge is 2.08. The number of rotatable bonds is 7. The summed E-state index contributed by atoms with van der Waals surface area (Å²) in [6.07, 6.45) is 2.46. The van der Waals surface area contributed by atoms with Crippen molar-refractivity contribution in [3.8, 4) is 5.75 Å². The van der Waals surface area contributed by atoms with Crippen LogP contribution < -0.4 is 10.1 Å².